The van der Waals surface area contributed by atoms with Crippen LogP contribution in [0.3, 0.4) is 0 Å². The first kappa shape index (κ1) is 11.7. The molecule has 0 radical (unpaired) electrons. The fourth-order valence-electron chi connectivity index (χ4n) is 2.60. The molecule has 2 N–H and O–H groups in total. The Hall–Kier alpha value is -1.39. The van der Waals surface area contributed by atoms with Gasteiger partial charge in [-0.15, -0.1) is 0 Å². The Morgan fingerprint density at radius 2 is 2.44 bits per heavy atom. The minimum absolute atomic E-state index is 0.795. The molecule has 1 aromatic carbocycles. The minimum Gasteiger partial charge on any atom is -0.334 e. The molecule has 2 aromatic rings. The van der Waals surface area contributed by atoms with Gasteiger partial charge in [-0.2, -0.15) is 0 Å². The maximum atomic E-state index is 4.39. The predicted molar refractivity (Wildman–Crippen MR) is 73.4 cm³/mol. The van der Waals surface area contributed by atoms with Gasteiger partial charge in [0.2, 0.25) is 0 Å². The van der Waals surface area contributed by atoms with Crippen molar-refractivity contribution < 1.29 is 0 Å². The lowest BCUT2D eigenvalue weighted by Crippen LogP contribution is -2.24. The second-order valence-electron chi connectivity index (χ2n) is 5.17. The summed E-state index contributed by atoms with van der Waals surface area (Å²) in [6.45, 7) is 4.37. The molecule has 0 bridgehead atoms. The molecule has 1 fully saturated rings. The number of nitrogens with one attached hydrogen (secondary N) is 2. The molecule has 0 amide bonds. The summed E-state index contributed by atoms with van der Waals surface area (Å²) in [4.78, 5) is 4.39. The zero-order valence-corrected chi connectivity index (χ0v) is 10.8. The highest BCUT2D eigenvalue weighted by molar-refractivity contribution is 5.75. The second kappa shape index (κ2) is 5.08. The van der Waals surface area contributed by atoms with Crippen LogP contribution in [0.5, 0.6) is 0 Å². The molecular formula is C14H20N4. The topological polar surface area (TPSA) is 41.9 Å². The summed E-state index contributed by atoms with van der Waals surface area (Å²) in [7, 11) is 2.03. The molecule has 18 heavy (non-hydrogen) atoms. The molecule has 3 rings (SSSR count). The smallest absolute Gasteiger partial charge is 0.0955 e. The van der Waals surface area contributed by atoms with Crippen LogP contribution in [-0.4, -0.2) is 29.2 Å². The first-order valence-electron chi connectivity index (χ1n) is 6.64. The summed E-state index contributed by atoms with van der Waals surface area (Å²) in [6.07, 6.45) is 3.17. The largest absolute Gasteiger partial charge is 0.334 e. The summed E-state index contributed by atoms with van der Waals surface area (Å²) >= 11 is 0. The highest BCUT2D eigenvalue weighted by Crippen LogP contribution is 2.14. The first-order valence-corrected chi connectivity index (χ1v) is 6.64. The lowest BCUT2D eigenvalue weighted by atomic mass is 10.1. The standard InChI is InChI=1S/C14H20N4/c1-18-10-17-13-6-11(2-3-14(13)18)7-16-9-12-4-5-15-8-12/h2-3,6,10,12,15-16H,4-5,7-9H2,1H3. The quantitative estimate of drug-likeness (QED) is 0.851. The van der Waals surface area contributed by atoms with E-state index in [0.29, 0.717) is 0 Å². The summed E-state index contributed by atoms with van der Waals surface area (Å²) < 4.78 is 2.05. The highest BCUT2D eigenvalue weighted by Gasteiger charge is 2.13. The van der Waals surface area contributed by atoms with Gasteiger partial charge in [-0.05, 0) is 49.7 Å². The third-order valence-corrected chi connectivity index (χ3v) is 3.71. The van der Waals surface area contributed by atoms with Gasteiger partial charge in [-0.1, -0.05) is 6.07 Å². The lowest BCUT2D eigenvalue weighted by molar-refractivity contribution is 0.513. The van der Waals surface area contributed by atoms with E-state index in [0.717, 1.165) is 31.1 Å². The molecule has 2 heterocycles. The number of benzene rings is 1. The van der Waals surface area contributed by atoms with E-state index in [1.54, 1.807) is 0 Å². The number of fused-ring (bicyclic) bond motifs is 1. The van der Waals surface area contributed by atoms with Crippen LogP contribution in [-0.2, 0) is 13.6 Å². The average Bonchev–Trinajstić information content (AvgIpc) is 3.00. The Bertz CT molecular complexity index is 526. The normalized spacial score (nSPS) is 19.7. The molecule has 1 saturated heterocycles. The van der Waals surface area contributed by atoms with Crippen LogP contribution < -0.4 is 10.6 Å². The van der Waals surface area contributed by atoms with Crippen molar-refractivity contribution >= 4 is 11.0 Å². The third-order valence-electron chi connectivity index (χ3n) is 3.71. The van der Waals surface area contributed by atoms with Gasteiger partial charge >= 0.3 is 0 Å². The van der Waals surface area contributed by atoms with E-state index in [1.165, 1.54) is 24.0 Å². The van der Waals surface area contributed by atoms with Crippen molar-refractivity contribution in [1.29, 1.82) is 0 Å². The first-order chi connectivity index (χ1) is 8.83. The SMILES string of the molecule is Cn1cnc2cc(CNCC3CCNC3)ccc21. The molecule has 0 aliphatic carbocycles. The summed E-state index contributed by atoms with van der Waals surface area (Å²) in [5.41, 5.74) is 3.59. The van der Waals surface area contributed by atoms with Crippen LogP contribution in [0.4, 0.5) is 0 Å². The monoisotopic (exact) mass is 244 g/mol. The van der Waals surface area contributed by atoms with Crippen molar-refractivity contribution in [3.05, 3.63) is 30.1 Å². The number of imidazole rings is 1. The number of hydrogen-bond acceptors (Lipinski definition) is 3. The van der Waals surface area contributed by atoms with E-state index >= 15 is 0 Å². The van der Waals surface area contributed by atoms with E-state index in [1.807, 2.05) is 13.4 Å². The second-order valence-corrected chi connectivity index (χ2v) is 5.17. The van der Waals surface area contributed by atoms with Crippen molar-refractivity contribution in [3.63, 3.8) is 0 Å². The molecule has 1 aromatic heterocycles. The molecule has 1 unspecified atom stereocenters. The van der Waals surface area contributed by atoms with Gasteiger partial charge in [0, 0.05) is 13.6 Å². The van der Waals surface area contributed by atoms with Crippen LogP contribution in [0.2, 0.25) is 0 Å². The van der Waals surface area contributed by atoms with Gasteiger partial charge in [0.1, 0.15) is 0 Å². The van der Waals surface area contributed by atoms with Crippen molar-refractivity contribution in [2.45, 2.75) is 13.0 Å². The number of aromatic nitrogens is 2. The summed E-state index contributed by atoms with van der Waals surface area (Å²) in [5, 5.41) is 6.94. The van der Waals surface area contributed by atoms with E-state index in [-0.39, 0.29) is 0 Å². The molecule has 4 heteroatoms. The minimum atomic E-state index is 0.795. The Balaban J connectivity index is 1.60. The average molecular weight is 244 g/mol. The van der Waals surface area contributed by atoms with E-state index in [4.69, 9.17) is 0 Å². The zero-order chi connectivity index (χ0) is 12.4. The predicted octanol–water partition coefficient (Wildman–Crippen LogP) is 1.27. The van der Waals surface area contributed by atoms with Crippen LogP contribution in [0.15, 0.2) is 24.5 Å². The molecule has 0 saturated carbocycles. The Labute approximate surface area is 107 Å². The summed E-state index contributed by atoms with van der Waals surface area (Å²) in [6, 6.07) is 6.51. The van der Waals surface area contributed by atoms with Crippen molar-refractivity contribution in [2.75, 3.05) is 19.6 Å². The van der Waals surface area contributed by atoms with Gasteiger partial charge in [-0.3, -0.25) is 0 Å². The van der Waals surface area contributed by atoms with Gasteiger partial charge in [0.05, 0.1) is 17.4 Å². The fraction of sp³-hybridized carbons (Fsp3) is 0.500. The number of rotatable bonds is 4. The molecule has 0 spiro atoms. The number of nitrogens with zero attached hydrogens (tertiary/aromatic N) is 2. The lowest BCUT2D eigenvalue weighted by Gasteiger charge is -2.10. The fourth-order valence-corrected chi connectivity index (χ4v) is 2.60. The number of hydrogen-bond donors (Lipinski definition) is 2. The van der Waals surface area contributed by atoms with Crippen LogP contribution in [0, 0.1) is 5.92 Å². The number of aryl methyl sites for hydroxylation is 1. The van der Waals surface area contributed by atoms with E-state index < -0.39 is 0 Å². The molecule has 1 aliphatic heterocycles. The van der Waals surface area contributed by atoms with Gasteiger partial charge in [-0.25, -0.2) is 4.98 Å². The molecule has 4 nitrogen and oxygen atoms in total. The van der Waals surface area contributed by atoms with E-state index in [2.05, 4.69) is 38.4 Å². The third kappa shape index (κ3) is 2.40. The van der Waals surface area contributed by atoms with E-state index in [9.17, 15) is 0 Å². The van der Waals surface area contributed by atoms with Gasteiger partial charge in [0.25, 0.3) is 0 Å². The maximum Gasteiger partial charge on any atom is 0.0955 e. The molecular weight excluding hydrogens is 224 g/mol. The Morgan fingerprint density at radius 1 is 1.50 bits per heavy atom. The highest BCUT2D eigenvalue weighted by atomic mass is 15.0. The van der Waals surface area contributed by atoms with Gasteiger partial charge in [0.15, 0.2) is 0 Å². The molecule has 1 atom stereocenters. The summed E-state index contributed by atoms with van der Waals surface area (Å²) in [5.74, 6) is 0.795. The zero-order valence-electron chi connectivity index (χ0n) is 10.8. The van der Waals surface area contributed by atoms with Crippen LogP contribution >= 0.6 is 0 Å². The van der Waals surface area contributed by atoms with Crippen molar-refractivity contribution in [3.8, 4) is 0 Å². The Morgan fingerprint density at radius 3 is 3.28 bits per heavy atom. The molecule has 1 aliphatic rings. The maximum absolute atomic E-state index is 4.39. The van der Waals surface area contributed by atoms with Crippen LogP contribution in [0.25, 0.3) is 11.0 Å². The Kier molecular flexibility index (Phi) is 3.30. The van der Waals surface area contributed by atoms with Crippen LogP contribution in [0.1, 0.15) is 12.0 Å². The van der Waals surface area contributed by atoms with Crippen molar-refractivity contribution in [1.82, 2.24) is 20.2 Å². The van der Waals surface area contributed by atoms with Gasteiger partial charge < -0.3 is 15.2 Å². The molecule has 96 valence electrons. The van der Waals surface area contributed by atoms with Crippen molar-refractivity contribution in [2.24, 2.45) is 13.0 Å².